The van der Waals surface area contributed by atoms with Gasteiger partial charge in [-0.25, -0.2) is 9.07 Å². The monoisotopic (exact) mass is 379 g/mol. The molecule has 0 spiro atoms. The molecule has 2 aromatic carbocycles. The molecule has 3 aromatic rings. The fraction of sp³-hybridized carbons (Fsp3) is 0.348. The van der Waals surface area contributed by atoms with Crippen LogP contribution in [0.2, 0.25) is 0 Å². The molecule has 5 heteroatoms. The van der Waals surface area contributed by atoms with Crippen LogP contribution in [0, 0.1) is 11.2 Å². The summed E-state index contributed by atoms with van der Waals surface area (Å²) in [6.45, 7) is 5.30. The zero-order valence-corrected chi connectivity index (χ0v) is 16.6. The van der Waals surface area contributed by atoms with Crippen molar-refractivity contribution in [2.75, 3.05) is 7.11 Å². The molecule has 146 valence electrons. The normalized spacial score (nSPS) is 17.9. The summed E-state index contributed by atoms with van der Waals surface area (Å²) in [5, 5.41) is 8.34. The maximum absolute atomic E-state index is 13.3. The zero-order chi connectivity index (χ0) is 19.7. The Hall–Kier alpha value is -2.66. The second-order valence-corrected chi connectivity index (χ2v) is 8.23. The van der Waals surface area contributed by atoms with Crippen molar-refractivity contribution >= 4 is 0 Å². The number of nitrogens with zero attached hydrogens (tertiary/aromatic N) is 2. The van der Waals surface area contributed by atoms with Gasteiger partial charge in [0.25, 0.3) is 0 Å². The van der Waals surface area contributed by atoms with Gasteiger partial charge in [0.1, 0.15) is 11.6 Å². The summed E-state index contributed by atoms with van der Waals surface area (Å²) in [6.07, 6.45) is 3.92. The average molecular weight is 379 g/mol. The van der Waals surface area contributed by atoms with Gasteiger partial charge in [-0.15, -0.1) is 0 Å². The van der Waals surface area contributed by atoms with Gasteiger partial charge in [0, 0.05) is 29.4 Å². The number of fused-ring (bicyclic) bond motifs is 1. The van der Waals surface area contributed by atoms with Gasteiger partial charge in [-0.1, -0.05) is 32.0 Å². The third-order valence-corrected chi connectivity index (χ3v) is 5.48. The summed E-state index contributed by atoms with van der Waals surface area (Å²) in [7, 11) is 1.70. The minimum absolute atomic E-state index is 0.142. The van der Waals surface area contributed by atoms with E-state index in [9.17, 15) is 4.39 Å². The number of nitrogens with one attached hydrogen (secondary N) is 1. The van der Waals surface area contributed by atoms with Gasteiger partial charge in [-0.2, -0.15) is 5.10 Å². The molecule has 1 unspecified atom stereocenters. The number of rotatable bonds is 5. The molecule has 1 aromatic heterocycles. The molecule has 28 heavy (non-hydrogen) atoms. The van der Waals surface area contributed by atoms with Crippen molar-refractivity contribution in [2.45, 2.75) is 39.3 Å². The highest BCUT2D eigenvalue weighted by molar-refractivity contribution is 5.38. The second kappa shape index (κ2) is 7.40. The number of hydrogen-bond acceptors (Lipinski definition) is 3. The first-order valence-corrected chi connectivity index (χ1v) is 9.65. The van der Waals surface area contributed by atoms with Crippen LogP contribution >= 0.6 is 0 Å². The number of aromatic nitrogens is 2. The van der Waals surface area contributed by atoms with Crippen molar-refractivity contribution in [3.63, 3.8) is 0 Å². The lowest BCUT2D eigenvalue weighted by atomic mass is 9.74. The highest BCUT2D eigenvalue weighted by Crippen LogP contribution is 2.41. The molecule has 1 heterocycles. The SMILES string of the molecule is COc1ccccc1CNC1CC(C)(C)Cc2c1cnn2-c1ccc(F)cc1. The van der Waals surface area contributed by atoms with E-state index >= 15 is 0 Å². The first-order valence-electron chi connectivity index (χ1n) is 9.65. The van der Waals surface area contributed by atoms with E-state index in [0.29, 0.717) is 0 Å². The van der Waals surface area contributed by atoms with Crippen LogP contribution in [0.5, 0.6) is 5.75 Å². The Labute approximate surface area is 165 Å². The second-order valence-electron chi connectivity index (χ2n) is 8.23. The Morgan fingerprint density at radius 2 is 1.93 bits per heavy atom. The Morgan fingerprint density at radius 1 is 1.18 bits per heavy atom. The van der Waals surface area contributed by atoms with Gasteiger partial charge in [0.05, 0.1) is 19.0 Å². The maximum Gasteiger partial charge on any atom is 0.123 e. The van der Waals surface area contributed by atoms with Gasteiger partial charge < -0.3 is 10.1 Å². The van der Waals surface area contributed by atoms with E-state index in [1.165, 1.54) is 23.4 Å². The lowest BCUT2D eigenvalue weighted by Crippen LogP contribution is -2.33. The zero-order valence-electron chi connectivity index (χ0n) is 16.6. The van der Waals surface area contributed by atoms with E-state index in [1.54, 1.807) is 19.2 Å². The Balaban J connectivity index is 1.63. The van der Waals surface area contributed by atoms with Crippen molar-refractivity contribution in [3.05, 3.63) is 77.4 Å². The van der Waals surface area contributed by atoms with E-state index in [-0.39, 0.29) is 17.3 Å². The molecule has 0 bridgehead atoms. The van der Waals surface area contributed by atoms with Gasteiger partial charge >= 0.3 is 0 Å². The fourth-order valence-corrected chi connectivity index (χ4v) is 4.11. The van der Waals surface area contributed by atoms with Crippen molar-refractivity contribution in [3.8, 4) is 11.4 Å². The van der Waals surface area contributed by atoms with Crippen LogP contribution in [0.4, 0.5) is 4.39 Å². The number of benzene rings is 2. The molecule has 4 rings (SSSR count). The topological polar surface area (TPSA) is 39.1 Å². The van der Waals surface area contributed by atoms with Crippen LogP contribution in [0.1, 0.15) is 43.1 Å². The van der Waals surface area contributed by atoms with Crippen molar-refractivity contribution < 1.29 is 9.13 Å². The molecule has 0 radical (unpaired) electrons. The number of halogens is 1. The van der Waals surface area contributed by atoms with E-state index < -0.39 is 0 Å². The standard InChI is InChI=1S/C23H26FN3O/c1-23(2)12-20(25-14-16-6-4-5-7-22(16)28-3)19-15-26-27(21(19)13-23)18-10-8-17(24)9-11-18/h4-11,15,20,25H,12-14H2,1-3H3. The molecule has 0 fully saturated rings. The Kier molecular flexibility index (Phi) is 4.94. The number of para-hydroxylation sites is 1. The van der Waals surface area contributed by atoms with E-state index in [0.717, 1.165) is 36.4 Å². The number of ether oxygens (including phenoxy) is 1. The van der Waals surface area contributed by atoms with Crippen LogP contribution in [-0.2, 0) is 13.0 Å². The lowest BCUT2D eigenvalue weighted by molar-refractivity contribution is 0.252. The Bertz CT molecular complexity index is 962. The summed E-state index contributed by atoms with van der Waals surface area (Å²) >= 11 is 0. The van der Waals surface area contributed by atoms with Gasteiger partial charge in [0.15, 0.2) is 0 Å². The van der Waals surface area contributed by atoms with E-state index in [4.69, 9.17) is 4.74 Å². The van der Waals surface area contributed by atoms with Crippen molar-refractivity contribution in [2.24, 2.45) is 5.41 Å². The van der Waals surface area contributed by atoms with E-state index in [1.807, 2.05) is 29.1 Å². The first-order chi connectivity index (χ1) is 13.5. The molecule has 4 nitrogen and oxygen atoms in total. The van der Waals surface area contributed by atoms with Gasteiger partial charge in [0.2, 0.25) is 0 Å². The molecule has 0 amide bonds. The molecule has 0 aliphatic heterocycles. The van der Waals surface area contributed by atoms with Crippen LogP contribution in [0.15, 0.2) is 54.7 Å². The van der Waals surface area contributed by atoms with Crippen LogP contribution < -0.4 is 10.1 Å². The first kappa shape index (κ1) is 18.7. The predicted molar refractivity (Wildman–Crippen MR) is 108 cm³/mol. The smallest absolute Gasteiger partial charge is 0.123 e. The maximum atomic E-state index is 13.3. The van der Waals surface area contributed by atoms with Gasteiger partial charge in [-0.05, 0) is 48.6 Å². The fourth-order valence-electron chi connectivity index (χ4n) is 4.11. The third kappa shape index (κ3) is 3.67. The highest BCUT2D eigenvalue weighted by Gasteiger charge is 2.35. The van der Waals surface area contributed by atoms with E-state index in [2.05, 4.69) is 30.3 Å². The third-order valence-electron chi connectivity index (χ3n) is 5.48. The molecule has 1 atom stereocenters. The molecular weight excluding hydrogens is 353 g/mol. The highest BCUT2D eigenvalue weighted by atomic mass is 19.1. The summed E-state index contributed by atoms with van der Waals surface area (Å²) in [5.41, 5.74) is 4.59. The summed E-state index contributed by atoms with van der Waals surface area (Å²) in [4.78, 5) is 0. The number of methoxy groups -OCH3 is 1. The molecular formula is C23H26FN3O. The molecule has 1 aliphatic carbocycles. The van der Waals surface area contributed by atoms with Crippen LogP contribution in [0.3, 0.4) is 0 Å². The summed E-state index contributed by atoms with van der Waals surface area (Å²) in [5.74, 6) is 0.661. The summed E-state index contributed by atoms with van der Waals surface area (Å²) < 4.78 is 20.8. The lowest BCUT2D eigenvalue weighted by Gasteiger charge is -2.36. The van der Waals surface area contributed by atoms with Crippen LogP contribution in [-0.4, -0.2) is 16.9 Å². The molecule has 0 saturated carbocycles. The molecule has 1 aliphatic rings. The van der Waals surface area contributed by atoms with Crippen LogP contribution in [0.25, 0.3) is 5.69 Å². The minimum atomic E-state index is -0.235. The summed E-state index contributed by atoms with van der Waals surface area (Å²) in [6, 6.07) is 14.8. The largest absolute Gasteiger partial charge is 0.496 e. The Morgan fingerprint density at radius 3 is 2.68 bits per heavy atom. The quantitative estimate of drug-likeness (QED) is 0.691. The average Bonchev–Trinajstić information content (AvgIpc) is 3.09. The molecule has 0 saturated heterocycles. The number of hydrogen-bond donors (Lipinski definition) is 1. The van der Waals surface area contributed by atoms with Crippen molar-refractivity contribution in [1.29, 1.82) is 0 Å². The minimum Gasteiger partial charge on any atom is -0.496 e. The van der Waals surface area contributed by atoms with Gasteiger partial charge in [-0.3, -0.25) is 0 Å². The molecule has 1 N–H and O–H groups in total. The predicted octanol–water partition coefficient (Wildman–Crippen LogP) is 4.82. The van der Waals surface area contributed by atoms with Crippen molar-refractivity contribution in [1.82, 2.24) is 15.1 Å².